The molecular weight excluding hydrogens is 568 g/mol. The average molecular weight is 588 g/mol. The Morgan fingerprint density at radius 1 is 1.03 bits per heavy atom. The third-order valence-electron chi connectivity index (χ3n) is 4.94. The van der Waals surface area contributed by atoms with E-state index in [-0.39, 0.29) is 36.8 Å². The van der Waals surface area contributed by atoms with Gasteiger partial charge in [0.05, 0.1) is 15.9 Å². The molecule has 1 saturated heterocycles. The van der Waals surface area contributed by atoms with Gasteiger partial charge in [0.15, 0.2) is 6.61 Å². The quantitative estimate of drug-likeness (QED) is 0.299. The Hall–Kier alpha value is -3.27. The van der Waals surface area contributed by atoms with Crippen molar-refractivity contribution in [3.8, 4) is 11.5 Å². The summed E-state index contributed by atoms with van der Waals surface area (Å²) in [4.78, 5) is 38.7. The number of hydrogen-bond acceptors (Lipinski definition) is 6. The van der Waals surface area contributed by atoms with Crippen molar-refractivity contribution in [1.82, 2.24) is 4.90 Å². The van der Waals surface area contributed by atoms with Gasteiger partial charge in [0, 0.05) is 10.7 Å². The van der Waals surface area contributed by atoms with Gasteiger partial charge in [-0.25, -0.2) is 0 Å². The minimum atomic E-state index is -0.376. The van der Waals surface area contributed by atoms with Crippen LogP contribution in [0.3, 0.4) is 0 Å². The number of thioether (sulfide) groups is 1. The van der Waals surface area contributed by atoms with Crippen LogP contribution in [0.2, 0.25) is 5.02 Å². The topological polar surface area (TPSA) is 84.9 Å². The van der Waals surface area contributed by atoms with Crippen molar-refractivity contribution in [3.63, 3.8) is 0 Å². The molecule has 0 spiro atoms. The first kappa shape index (κ1) is 25.8. The van der Waals surface area contributed by atoms with Gasteiger partial charge in [0.1, 0.15) is 18.1 Å². The number of para-hydroxylation sites is 1. The minimum absolute atomic E-state index is 0.131. The van der Waals surface area contributed by atoms with E-state index >= 15 is 0 Å². The molecule has 0 bridgehead atoms. The van der Waals surface area contributed by atoms with E-state index in [0.29, 0.717) is 37.2 Å². The molecule has 0 aromatic heterocycles. The SMILES string of the molecule is O=C(COc1ccc(/C=C2\SC(=O)N(CCOc3ccc(Cl)cc3)C2=O)cc1Br)Nc1ccccc1. The summed E-state index contributed by atoms with van der Waals surface area (Å²) < 4.78 is 11.8. The zero-order valence-corrected chi connectivity index (χ0v) is 21.9. The number of nitrogens with one attached hydrogen (secondary N) is 1. The second kappa shape index (κ2) is 12.1. The molecule has 1 aliphatic rings. The normalized spacial score (nSPS) is 14.3. The van der Waals surface area contributed by atoms with Gasteiger partial charge >= 0.3 is 0 Å². The number of carbonyl (C=O) groups excluding carboxylic acids is 3. The number of imide groups is 1. The van der Waals surface area contributed by atoms with Crippen molar-refractivity contribution in [2.45, 2.75) is 0 Å². The van der Waals surface area contributed by atoms with Crippen LogP contribution < -0.4 is 14.8 Å². The summed E-state index contributed by atoms with van der Waals surface area (Å²) in [7, 11) is 0. The Kier molecular flexibility index (Phi) is 8.69. The predicted octanol–water partition coefficient (Wildman–Crippen LogP) is 6.24. The Labute approximate surface area is 225 Å². The lowest BCUT2D eigenvalue weighted by molar-refractivity contribution is -0.123. The number of halogens is 2. The fourth-order valence-electron chi connectivity index (χ4n) is 3.22. The Morgan fingerprint density at radius 2 is 1.78 bits per heavy atom. The molecule has 0 aliphatic carbocycles. The molecule has 1 N–H and O–H groups in total. The maximum atomic E-state index is 12.7. The largest absolute Gasteiger partial charge is 0.492 e. The van der Waals surface area contributed by atoms with Gasteiger partial charge in [-0.2, -0.15) is 0 Å². The molecular formula is C26H20BrClN2O5S. The van der Waals surface area contributed by atoms with Gasteiger partial charge in [-0.15, -0.1) is 0 Å². The second-order valence-electron chi connectivity index (χ2n) is 7.53. The van der Waals surface area contributed by atoms with E-state index in [1.54, 1.807) is 60.7 Å². The highest BCUT2D eigenvalue weighted by Gasteiger charge is 2.34. The van der Waals surface area contributed by atoms with E-state index in [9.17, 15) is 14.4 Å². The van der Waals surface area contributed by atoms with Crippen LogP contribution in [0.25, 0.3) is 6.08 Å². The summed E-state index contributed by atoms with van der Waals surface area (Å²) in [5.74, 6) is 0.416. The molecule has 184 valence electrons. The number of nitrogens with zero attached hydrogens (tertiary/aromatic N) is 1. The van der Waals surface area contributed by atoms with Crippen molar-refractivity contribution >= 4 is 68.1 Å². The molecule has 36 heavy (non-hydrogen) atoms. The van der Waals surface area contributed by atoms with Gasteiger partial charge in [0.2, 0.25) is 0 Å². The van der Waals surface area contributed by atoms with Crippen LogP contribution in [-0.4, -0.2) is 41.7 Å². The van der Waals surface area contributed by atoms with Gasteiger partial charge in [-0.3, -0.25) is 19.3 Å². The minimum Gasteiger partial charge on any atom is -0.492 e. The summed E-state index contributed by atoms with van der Waals surface area (Å²) in [5.41, 5.74) is 1.39. The number of amides is 3. The van der Waals surface area contributed by atoms with Crippen molar-refractivity contribution < 1.29 is 23.9 Å². The molecule has 10 heteroatoms. The molecule has 0 unspecified atom stereocenters. The number of ether oxygens (including phenoxy) is 2. The van der Waals surface area contributed by atoms with E-state index < -0.39 is 0 Å². The van der Waals surface area contributed by atoms with Crippen LogP contribution in [0.1, 0.15) is 5.56 Å². The van der Waals surface area contributed by atoms with Crippen LogP contribution in [0, 0.1) is 0 Å². The lowest BCUT2D eigenvalue weighted by atomic mass is 10.2. The maximum absolute atomic E-state index is 12.7. The van der Waals surface area contributed by atoms with Crippen LogP contribution in [0.4, 0.5) is 10.5 Å². The summed E-state index contributed by atoms with van der Waals surface area (Å²) in [5, 5.41) is 2.99. The van der Waals surface area contributed by atoms with E-state index in [0.717, 1.165) is 16.7 Å². The molecule has 3 aromatic rings. The molecule has 1 aliphatic heterocycles. The number of carbonyl (C=O) groups is 3. The molecule has 3 aromatic carbocycles. The molecule has 4 rings (SSSR count). The van der Waals surface area contributed by atoms with E-state index in [1.165, 1.54) is 0 Å². The van der Waals surface area contributed by atoms with Gasteiger partial charge < -0.3 is 14.8 Å². The van der Waals surface area contributed by atoms with Gasteiger partial charge in [-0.05, 0) is 87.9 Å². The smallest absolute Gasteiger partial charge is 0.293 e. The van der Waals surface area contributed by atoms with Gasteiger partial charge in [0.25, 0.3) is 17.1 Å². The highest BCUT2D eigenvalue weighted by Crippen LogP contribution is 2.34. The van der Waals surface area contributed by atoms with Crippen LogP contribution >= 0.6 is 39.3 Å². The third kappa shape index (κ3) is 6.90. The molecule has 0 atom stereocenters. The Balaban J connectivity index is 1.32. The molecule has 3 amide bonds. The average Bonchev–Trinajstić information content (AvgIpc) is 3.12. The van der Waals surface area contributed by atoms with Crippen molar-refractivity contribution in [3.05, 3.63) is 92.8 Å². The standard InChI is InChI=1S/C26H20BrClN2O5S/c27-21-14-17(6-11-22(21)35-16-24(31)29-19-4-2-1-3-5-19)15-23-25(32)30(26(33)36-23)12-13-34-20-9-7-18(28)8-10-20/h1-11,14-15H,12-13,16H2,(H,29,31)/b23-15-. The summed E-state index contributed by atoms with van der Waals surface area (Å²) in [6.07, 6.45) is 1.64. The van der Waals surface area contributed by atoms with E-state index in [4.69, 9.17) is 21.1 Å². The fourth-order valence-corrected chi connectivity index (χ4v) is 4.72. The number of hydrogen-bond donors (Lipinski definition) is 1. The van der Waals surface area contributed by atoms with Crippen molar-refractivity contribution in [2.75, 3.05) is 25.1 Å². The van der Waals surface area contributed by atoms with Crippen LogP contribution in [0.5, 0.6) is 11.5 Å². The van der Waals surface area contributed by atoms with E-state index in [2.05, 4.69) is 21.2 Å². The molecule has 0 radical (unpaired) electrons. The summed E-state index contributed by atoms with van der Waals surface area (Å²) in [6.45, 7) is 0.137. The molecule has 0 saturated carbocycles. The van der Waals surface area contributed by atoms with Gasteiger partial charge in [-0.1, -0.05) is 35.9 Å². The first-order valence-corrected chi connectivity index (χ1v) is 12.8. The second-order valence-corrected chi connectivity index (χ2v) is 9.81. The number of rotatable bonds is 9. The lowest BCUT2D eigenvalue weighted by Gasteiger charge is -2.13. The molecule has 7 nitrogen and oxygen atoms in total. The Bertz CT molecular complexity index is 1300. The fraction of sp³-hybridized carbons (Fsp3) is 0.115. The first-order chi connectivity index (χ1) is 17.4. The molecule has 1 heterocycles. The zero-order chi connectivity index (χ0) is 25.5. The monoisotopic (exact) mass is 586 g/mol. The Morgan fingerprint density at radius 3 is 2.50 bits per heavy atom. The summed E-state index contributed by atoms with van der Waals surface area (Å²) >= 11 is 10.2. The van der Waals surface area contributed by atoms with Crippen molar-refractivity contribution in [2.24, 2.45) is 0 Å². The van der Waals surface area contributed by atoms with Crippen LogP contribution in [0.15, 0.2) is 82.2 Å². The van der Waals surface area contributed by atoms with Crippen LogP contribution in [-0.2, 0) is 9.59 Å². The third-order valence-corrected chi connectivity index (χ3v) is 6.72. The lowest BCUT2D eigenvalue weighted by Crippen LogP contribution is -2.32. The predicted molar refractivity (Wildman–Crippen MR) is 144 cm³/mol. The van der Waals surface area contributed by atoms with E-state index in [1.807, 2.05) is 18.2 Å². The maximum Gasteiger partial charge on any atom is 0.293 e. The zero-order valence-electron chi connectivity index (χ0n) is 18.8. The highest BCUT2D eigenvalue weighted by molar-refractivity contribution is 9.10. The number of benzene rings is 3. The number of anilines is 1. The highest BCUT2D eigenvalue weighted by atomic mass is 79.9. The summed E-state index contributed by atoms with van der Waals surface area (Å²) in [6, 6.07) is 21.1. The molecule has 1 fully saturated rings. The van der Waals surface area contributed by atoms with Crippen molar-refractivity contribution in [1.29, 1.82) is 0 Å². The first-order valence-electron chi connectivity index (χ1n) is 10.8.